The van der Waals surface area contributed by atoms with Gasteiger partial charge in [0, 0.05) is 23.3 Å². The van der Waals surface area contributed by atoms with Gasteiger partial charge in [0.25, 0.3) is 0 Å². The van der Waals surface area contributed by atoms with E-state index < -0.39 is 23.2 Å². The lowest BCUT2D eigenvalue weighted by Crippen LogP contribution is -2.11. The molecular weight excluding hydrogens is 396 g/mol. The van der Waals surface area contributed by atoms with Crippen LogP contribution in [0.15, 0.2) is 72.2 Å². The van der Waals surface area contributed by atoms with Gasteiger partial charge in [-0.25, -0.2) is 18.6 Å². The largest absolute Gasteiger partial charge is 0.423 e. The maximum atomic E-state index is 13.7. The number of halogens is 2. The van der Waals surface area contributed by atoms with Crippen molar-refractivity contribution >= 4 is 28.1 Å². The van der Waals surface area contributed by atoms with E-state index in [0.717, 1.165) is 29.6 Å². The SMILES string of the molecule is O=C(Oc1cccc(Nc2nc(-c3ccccn3)cs2)c1)c1cc(F)ccc1F. The van der Waals surface area contributed by atoms with Crippen LogP contribution in [0.4, 0.5) is 19.6 Å². The highest BCUT2D eigenvalue weighted by molar-refractivity contribution is 7.14. The lowest BCUT2D eigenvalue weighted by atomic mass is 10.2. The first-order valence-corrected chi connectivity index (χ1v) is 9.38. The van der Waals surface area contributed by atoms with E-state index in [4.69, 9.17) is 4.74 Å². The molecule has 29 heavy (non-hydrogen) atoms. The van der Waals surface area contributed by atoms with Crippen molar-refractivity contribution in [2.45, 2.75) is 0 Å². The van der Waals surface area contributed by atoms with Crippen molar-refractivity contribution in [3.8, 4) is 17.1 Å². The predicted octanol–water partition coefficient (Wildman–Crippen LogP) is 5.45. The average molecular weight is 409 g/mol. The van der Waals surface area contributed by atoms with E-state index in [-0.39, 0.29) is 5.75 Å². The highest BCUT2D eigenvalue weighted by Crippen LogP contribution is 2.27. The zero-order valence-electron chi connectivity index (χ0n) is 14.8. The number of esters is 1. The molecule has 2 aromatic carbocycles. The molecule has 0 spiro atoms. The van der Waals surface area contributed by atoms with Crippen LogP contribution >= 0.6 is 11.3 Å². The number of carbonyl (C=O) groups is 1. The lowest BCUT2D eigenvalue weighted by molar-refractivity contribution is 0.0729. The summed E-state index contributed by atoms with van der Waals surface area (Å²) in [4.78, 5) is 20.9. The van der Waals surface area contributed by atoms with Crippen LogP contribution in [0.3, 0.4) is 0 Å². The highest BCUT2D eigenvalue weighted by atomic mass is 32.1. The predicted molar refractivity (Wildman–Crippen MR) is 106 cm³/mol. The minimum atomic E-state index is -0.981. The number of nitrogens with one attached hydrogen (secondary N) is 1. The van der Waals surface area contributed by atoms with Crippen molar-refractivity contribution in [3.63, 3.8) is 0 Å². The number of thiazole rings is 1. The smallest absolute Gasteiger partial charge is 0.346 e. The van der Waals surface area contributed by atoms with E-state index in [1.54, 1.807) is 30.5 Å². The van der Waals surface area contributed by atoms with Crippen LogP contribution in [0.2, 0.25) is 0 Å². The molecule has 0 saturated heterocycles. The molecule has 2 aromatic heterocycles. The summed E-state index contributed by atoms with van der Waals surface area (Å²) in [5.41, 5.74) is 1.65. The number of hydrogen-bond donors (Lipinski definition) is 1. The third-order valence-electron chi connectivity index (χ3n) is 3.88. The van der Waals surface area contributed by atoms with Crippen molar-refractivity contribution in [1.82, 2.24) is 9.97 Å². The van der Waals surface area contributed by atoms with Gasteiger partial charge in [0.05, 0.1) is 11.3 Å². The summed E-state index contributed by atoms with van der Waals surface area (Å²) in [5, 5.41) is 5.63. The van der Waals surface area contributed by atoms with Crippen LogP contribution in [-0.2, 0) is 0 Å². The molecule has 0 saturated carbocycles. The van der Waals surface area contributed by atoms with Crippen molar-refractivity contribution < 1.29 is 18.3 Å². The number of carbonyl (C=O) groups excluding carboxylic acids is 1. The Kier molecular flexibility index (Phi) is 5.26. The molecule has 1 N–H and O–H groups in total. The van der Waals surface area contributed by atoms with E-state index in [0.29, 0.717) is 10.8 Å². The summed E-state index contributed by atoms with van der Waals surface area (Å²) in [7, 11) is 0. The number of anilines is 2. The molecule has 2 heterocycles. The van der Waals surface area contributed by atoms with Crippen LogP contribution in [0.1, 0.15) is 10.4 Å². The number of hydrogen-bond acceptors (Lipinski definition) is 6. The second kappa shape index (κ2) is 8.15. The van der Waals surface area contributed by atoms with Crippen LogP contribution in [-0.4, -0.2) is 15.9 Å². The molecular formula is C21H13F2N3O2S. The molecule has 144 valence electrons. The molecule has 5 nitrogen and oxygen atoms in total. The Morgan fingerprint density at radius 3 is 2.72 bits per heavy atom. The van der Waals surface area contributed by atoms with Gasteiger partial charge in [-0.2, -0.15) is 0 Å². The van der Waals surface area contributed by atoms with Crippen molar-refractivity contribution in [2.24, 2.45) is 0 Å². The molecule has 0 aliphatic rings. The van der Waals surface area contributed by atoms with Gasteiger partial charge >= 0.3 is 5.97 Å². The maximum Gasteiger partial charge on any atom is 0.346 e. The highest BCUT2D eigenvalue weighted by Gasteiger charge is 2.15. The number of ether oxygens (including phenoxy) is 1. The maximum absolute atomic E-state index is 13.7. The fraction of sp³-hybridized carbons (Fsp3) is 0. The Bertz CT molecular complexity index is 1170. The molecule has 0 aliphatic heterocycles. The summed E-state index contributed by atoms with van der Waals surface area (Å²) >= 11 is 1.40. The Balaban J connectivity index is 1.49. The summed E-state index contributed by atoms with van der Waals surface area (Å²) in [6.07, 6.45) is 1.70. The van der Waals surface area contributed by atoms with Crippen molar-refractivity contribution in [1.29, 1.82) is 0 Å². The number of pyridine rings is 1. The van der Waals surface area contributed by atoms with E-state index in [2.05, 4.69) is 15.3 Å². The van der Waals surface area contributed by atoms with E-state index in [9.17, 15) is 13.6 Å². The fourth-order valence-electron chi connectivity index (χ4n) is 2.54. The second-order valence-corrected chi connectivity index (χ2v) is 6.78. The van der Waals surface area contributed by atoms with Crippen molar-refractivity contribution in [2.75, 3.05) is 5.32 Å². The Hall–Kier alpha value is -3.65. The summed E-state index contributed by atoms with van der Waals surface area (Å²) in [6.45, 7) is 0. The standard InChI is InChI=1S/C21H13F2N3O2S/c22-13-7-8-17(23)16(10-13)20(27)28-15-5-3-4-14(11-15)25-21-26-19(12-29-21)18-6-1-2-9-24-18/h1-12H,(H,25,26). The van der Waals surface area contributed by atoms with Gasteiger partial charge in [0.1, 0.15) is 23.1 Å². The van der Waals surface area contributed by atoms with Crippen molar-refractivity contribution in [3.05, 3.63) is 89.4 Å². The summed E-state index contributed by atoms with van der Waals surface area (Å²) in [6, 6.07) is 14.7. The van der Waals surface area contributed by atoms with Gasteiger partial charge in [-0.3, -0.25) is 4.98 Å². The molecule has 0 atom stereocenters. The quantitative estimate of drug-likeness (QED) is 0.351. The van der Waals surface area contributed by atoms with Gasteiger partial charge in [-0.05, 0) is 42.5 Å². The zero-order valence-corrected chi connectivity index (χ0v) is 15.6. The number of aromatic nitrogens is 2. The molecule has 4 aromatic rings. The van der Waals surface area contributed by atoms with Gasteiger partial charge in [-0.1, -0.05) is 12.1 Å². The molecule has 8 heteroatoms. The zero-order chi connectivity index (χ0) is 20.2. The Labute approximate surface area is 168 Å². The molecule has 0 fully saturated rings. The average Bonchev–Trinajstić information content (AvgIpc) is 3.19. The Morgan fingerprint density at radius 1 is 1.00 bits per heavy atom. The summed E-state index contributed by atoms with van der Waals surface area (Å²) < 4.78 is 32.2. The minimum Gasteiger partial charge on any atom is -0.423 e. The van der Waals surface area contributed by atoms with Gasteiger partial charge in [0.2, 0.25) is 0 Å². The number of benzene rings is 2. The first-order chi connectivity index (χ1) is 14.1. The first-order valence-electron chi connectivity index (χ1n) is 8.50. The molecule has 0 unspecified atom stereocenters. The Morgan fingerprint density at radius 2 is 1.90 bits per heavy atom. The van der Waals surface area contributed by atoms with Gasteiger partial charge in [0.15, 0.2) is 5.13 Å². The molecule has 0 amide bonds. The fourth-order valence-corrected chi connectivity index (χ4v) is 3.26. The number of rotatable bonds is 5. The first kappa shape index (κ1) is 18.7. The van der Waals surface area contributed by atoms with Gasteiger partial charge < -0.3 is 10.1 Å². The van der Waals surface area contributed by atoms with E-state index in [1.165, 1.54) is 11.3 Å². The molecule has 0 aliphatic carbocycles. The summed E-state index contributed by atoms with van der Waals surface area (Å²) in [5.74, 6) is -2.37. The lowest BCUT2D eigenvalue weighted by Gasteiger charge is -2.08. The topological polar surface area (TPSA) is 64.1 Å². The minimum absolute atomic E-state index is 0.185. The van der Waals surface area contributed by atoms with E-state index in [1.807, 2.05) is 23.6 Å². The third-order valence-corrected chi connectivity index (χ3v) is 4.63. The third kappa shape index (κ3) is 4.44. The van der Waals surface area contributed by atoms with Crippen LogP contribution in [0.5, 0.6) is 5.75 Å². The number of nitrogens with zero attached hydrogens (tertiary/aromatic N) is 2. The molecule has 0 bridgehead atoms. The molecule has 0 radical (unpaired) electrons. The second-order valence-electron chi connectivity index (χ2n) is 5.92. The molecule has 4 rings (SSSR count). The van der Waals surface area contributed by atoms with E-state index >= 15 is 0 Å². The van der Waals surface area contributed by atoms with Crippen LogP contribution in [0, 0.1) is 11.6 Å². The monoisotopic (exact) mass is 409 g/mol. The normalized spacial score (nSPS) is 10.6. The van der Waals surface area contributed by atoms with Crippen LogP contribution < -0.4 is 10.1 Å². The van der Waals surface area contributed by atoms with Crippen LogP contribution in [0.25, 0.3) is 11.4 Å². The van der Waals surface area contributed by atoms with Gasteiger partial charge in [-0.15, -0.1) is 11.3 Å².